The summed E-state index contributed by atoms with van der Waals surface area (Å²) in [5, 5.41) is 16.5. The first-order chi connectivity index (χ1) is 15.7. The number of carboxylic acid groups (broad SMARTS) is 1. The Morgan fingerprint density at radius 2 is 1.44 bits per heavy atom. The molecule has 14 heteroatoms. The second-order valence-electron chi connectivity index (χ2n) is 8.38. The lowest BCUT2D eigenvalue weighted by Crippen LogP contribution is -2.56. The van der Waals surface area contributed by atoms with Crippen LogP contribution in [0.1, 0.15) is 52.9 Å². The molecule has 0 saturated carbocycles. The standard InChI is InChI=1S/C20H38N8O6/c1-10(2)9-14(19(33)34)28-16(30)11(3)26-18(32)13(6-7-15(22)29)27-17(31)12(21)5-4-8-25-20(23)24/h10-14H,4-9,21H2,1-3H3,(H2,22,29)(H,26,32)(H,27,31)(H,28,30)(H,33,34)(H4,23,24,25). The van der Waals surface area contributed by atoms with Crippen LogP contribution in [0.2, 0.25) is 0 Å². The van der Waals surface area contributed by atoms with Crippen LogP contribution in [0, 0.1) is 5.92 Å². The van der Waals surface area contributed by atoms with E-state index in [9.17, 15) is 29.1 Å². The average Bonchev–Trinajstić information content (AvgIpc) is 2.72. The van der Waals surface area contributed by atoms with Crippen molar-refractivity contribution in [3.05, 3.63) is 0 Å². The Balaban J connectivity index is 5.08. The van der Waals surface area contributed by atoms with Crippen LogP contribution in [-0.4, -0.2) is 71.4 Å². The summed E-state index contributed by atoms with van der Waals surface area (Å²) < 4.78 is 0. The second-order valence-corrected chi connectivity index (χ2v) is 8.38. The number of aliphatic imine (C=N–C) groups is 1. The quantitative estimate of drug-likeness (QED) is 0.0637. The van der Waals surface area contributed by atoms with Gasteiger partial charge in [-0.3, -0.25) is 24.2 Å². The fourth-order valence-electron chi connectivity index (χ4n) is 2.85. The average molecular weight is 487 g/mol. The summed E-state index contributed by atoms with van der Waals surface area (Å²) in [4.78, 5) is 63.8. The normalized spacial score (nSPS) is 14.3. The maximum atomic E-state index is 12.7. The van der Waals surface area contributed by atoms with E-state index in [1.165, 1.54) is 6.92 Å². The largest absolute Gasteiger partial charge is 0.480 e. The van der Waals surface area contributed by atoms with Crippen LogP contribution in [0.5, 0.6) is 0 Å². The van der Waals surface area contributed by atoms with E-state index in [1.807, 2.05) is 13.8 Å². The van der Waals surface area contributed by atoms with E-state index >= 15 is 0 Å². The third-order valence-corrected chi connectivity index (χ3v) is 4.69. The predicted octanol–water partition coefficient (Wildman–Crippen LogP) is -2.76. The first-order valence-corrected chi connectivity index (χ1v) is 11.0. The molecule has 0 aromatic heterocycles. The highest BCUT2D eigenvalue weighted by atomic mass is 16.4. The number of carbonyl (C=O) groups is 5. The van der Waals surface area contributed by atoms with Crippen molar-refractivity contribution in [1.82, 2.24) is 16.0 Å². The Hall–Kier alpha value is -3.42. The molecular weight excluding hydrogens is 448 g/mol. The third kappa shape index (κ3) is 13.2. The molecule has 0 fully saturated rings. The van der Waals surface area contributed by atoms with Crippen LogP contribution >= 0.6 is 0 Å². The first kappa shape index (κ1) is 30.6. The number of guanidine groups is 1. The molecule has 0 spiro atoms. The summed E-state index contributed by atoms with van der Waals surface area (Å²) in [7, 11) is 0. The molecule has 0 aromatic rings. The number of nitrogens with two attached hydrogens (primary N) is 4. The van der Waals surface area contributed by atoms with Crippen LogP contribution in [-0.2, 0) is 24.0 Å². The fraction of sp³-hybridized carbons (Fsp3) is 0.700. The zero-order chi connectivity index (χ0) is 26.4. The lowest BCUT2D eigenvalue weighted by atomic mass is 10.0. The number of aliphatic carboxylic acids is 1. The zero-order valence-electron chi connectivity index (χ0n) is 19.9. The van der Waals surface area contributed by atoms with Crippen LogP contribution < -0.4 is 38.9 Å². The summed E-state index contributed by atoms with van der Waals surface area (Å²) in [6.07, 6.45) is 0.544. The molecule has 4 amide bonds. The van der Waals surface area contributed by atoms with Crippen molar-refractivity contribution >= 4 is 35.6 Å². The summed E-state index contributed by atoms with van der Waals surface area (Å²) in [5.41, 5.74) is 21.4. The van der Waals surface area contributed by atoms with E-state index in [2.05, 4.69) is 20.9 Å². The Morgan fingerprint density at radius 3 is 1.94 bits per heavy atom. The maximum Gasteiger partial charge on any atom is 0.326 e. The molecule has 0 radical (unpaired) electrons. The van der Waals surface area contributed by atoms with Gasteiger partial charge in [0.25, 0.3) is 0 Å². The molecule has 0 aliphatic carbocycles. The van der Waals surface area contributed by atoms with Crippen molar-refractivity contribution in [1.29, 1.82) is 0 Å². The molecule has 0 saturated heterocycles. The summed E-state index contributed by atoms with van der Waals surface area (Å²) in [5.74, 6) is -4.05. The number of hydrogen-bond donors (Lipinski definition) is 8. The van der Waals surface area contributed by atoms with Gasteiger partial charge in [0.1, 0.15) is 18.1 Å². The van der Waals surface area contributed by atoms with Gasteiger partial charge in [-0.15, -0.1) is 0 Å². The molecule has 12 N–H and O–H groups in total. The highest BCUT2D eigenvalue weighted by molar-refractivity contribution is 5.94. The van der Waals surface area contributed by atoms with E-state index < -0.39 is 53.8 Å². The Morgan fingerprint density at radius 1 is 0.853 bits per heavy atom. The Bertz CT molecular complexity index is 753. The number of carboxylic acids is 1. The van der Waals surface area contributed by atoms with Gasteiger partial charge in [0, 0.05) is 13.0 Å². The molecular formula is C20H38N8O6. The Labute approximate surface area is 198 Å². The number of nitrogens with one attached hydrogen (secondary N) is 3. The molecule has 4 atom stereocenters. The highest BCUT2D eigenvalue weighted by Crippen LogP contribution is 2.06. The minimum Gasteiger partial charge on any atom is -0.480 e. The second kappa shape index (κ2) is 15.4. The number of rotatable bonds is 16. The monoisotopic (exact) mass is 486 g/mol. The molecule has 0 aliphatic rings. The molecule has 14 nitrogen and oxygen atoms in total. The molecule has 0 aromatic carbocycles. The van der Waals surface area contributed by atoms with Crippen molar-refractivity contribution in [2.45, 2.75) is 77.0 Å². The summed E-state index contributed by atoms with van der Waals surface area (Å²) in [6.45, 7) is 5.26. The SMILES string of the molecule is CC(C)CC(NC(=O)C(C)NC(=O)C(CCC(N)=O)NC(=O)C(N)CCCN=C(N)N)C(=O)O. The molecule has 194 valence electrons. The van der Waals surface area contributed by atoms with Crippen molar-refractivity contribution in [2.24, 2.45) is 33.8 Å². The van der Waals surface area contributed by atoms with Crippen molar-refractivity contribution in [2.75, 3.05) is 6.54 Å². The predicted molar refractivity (Wildman–Crippen MR) is 125 cm³/mol. The number of amides is 4. The van der Waals surface area contributed by atoms with E-state index in [4.69, 9.17) is 22.9 Å². The third-order valence-electron chi connectivity index (χ3n) is 4.69. The first-order valence-electron chi connectivity index (χ1n) is 11.0. The molecule has 0 rings (SSSR count). The van der Waals surface area contributed by atoms with E-state index in [0.29, 0.717) is 6.42 Å². The number of primary amides is 1. The fourth-order valence-corrected chi connectivity index (χ4v) is 2.85. The summed E-state index contributed by atoms with van der Waals surface area (Å²) >= 11 is 0. The number of nitrogens with zero attached hydrogens (tertiary/aromatic N) is 1. The number of hydrogen-bond acceptors (Lipinski definition) is 7. The highest BCUT2D eigenvalue weighted by Gasteiger charge is 2.28. The van der Waals surface area contributed by atoms with Crippen molar-refractivity contribution < 1.29 is 29.1 Å². The maximum absolute atomic E-state index is 12.7. The summed E-state index contributed by atoms with van der Waals surface area (Å²) in [6, 6.07) is -4.38. The molecule has 0 bridgehead atoms. The molecule has 0 aliphatic heterocycles. The molecule has 34 heavy (non-hydrogen) atoms. The van der Waals surface area contributed by atoms with Gasteiger partial charge < -0.3 is 44.0 Å². The molecule has 0 heterocycles. The van der Waals surface area contributed by atoms with Crippen LogP contribution in [0.15, 0.2) is 4.99 Å². The van der Waals surface area contributed by atoms with Gasteiger partial charge in [0.2, 0.25) is 23.6 Å². The Kier molecular flexibility index (Phi) is 13.9. The smallest absolute Gasteiger partial charge is 0.326 e. The van der Waals surface area contributed by atoms with Crippen molar-refractivity contribution in [3.63, 3.8) is 0 Å². The van der Waals surface area contributed by atoms with Crippen LogP contribution in [0.4, 0.5) is 0 Å². The minimum atomic E-state index is -1.19. The van der Waals surface area contributed by atoms with Gasteiger partial charge in [-0.25, -0.2) is 4.79 Å². The van der Waals surface area contributed by atoms with Gasteiger partial charge in [-0.1, -0.05) is 13.8 Å². The van der Waals surface area contributed by atoms with Crippen molar-refractivity contribution in [3.8, 4) is 0 Å². The van der Waals surface area contributed by atoms with Crippen LogP contribution in [0.25, 0.3) is 0 Å². The van der Waals surface area contributed by atoms with Gasteiger partial charge in [0.05, 0.1) is 6.04 Å². The van der Waals surface area contributed by atoms with Gasteiger partial charge in [-0.05, 0) is 38.5 Å². The van der Waals surface area contributed by atoms with Gasteiger partial charge >= 0.3 is 5.97 Å². The topological polar surface area (TPSA) is 258 Å². The van der Waals surface area contributed by atoms with Crippen LogP contribution in [0.3, 0.4) is 0 Å². The lowest BCUT2D eigenvalue weighted by molar-refractivity contribution is -0.142. The number of carbonyl (C=O) groups excluding carboxylic acids is 4. The van der Waals surface area contributed by atoms with E-state index in [-0.39, 0.29) is 44.1 Å². The van der Waals surface area contributed by atoms with E-state index in [0.717, 1.165) is 0 Å². The lowest BCUT2D eigenvalue weighted by Gasteiger charge is -2.23. The minimum absolute atomic E-state index is 0.0170. The molecule has 4 unspecified atom stereocenters. The van der Waals surface area contributed by atoms with Gasteiger partial charge in [0.15, 0.2) is 5.96 Å². The van der Waals surface area contributed by atoms with Gasteiger partial charge in [-0.2, -0.15) is 0 Å². The van der Waals surface area contributed by atoms with E-state index in [1.54, 1.807) is 0 Å². The zero-order valence-corrected chi connectivity index (χ0v) is 19.9.